The van der Waals surface area contributed by atoms with Crippen LogP contribution >= 0.6 is 15.9 Å². The van der Waals surface area contributed by atoms with Crippen molar-refractivity contribution in [3.63, 3.8) is 0 Å². The van der Waals surface area contributed by atoms with Crippen molar-refractivity contribution in [1.29, 1.82) is 0 Å². The maximum atomic E-state index is 13.3. The van der Waals surface area contributed by atoms with Crippen LogP contribution in [0.1, 0.15) is 17.5 Å². The first-order valence-electron chi connectivity index (χ1n) is 6.49. The molecule has 20 heavy (non-hydrogen) atoms. The monoisotopic (exact) mass is 339 g/mol. The van der Waals surface area contributed by atoms with Gasteiger partial charge in [-0.05, 0) is 33.6 Å². The Bertz CT molecular complexity index is 576. The van der Waals surface area contributed by atoms with Crippen LogP contribution in [0.3, 0.4) is 0 Å². The topological polar surface area (TPSA) is 41.2 Å². The van der Waals surface area contributed by atoms with E-state index < -0.39 is 0 Å². The first-order valence-corrected chi connectivity index (χ1v) is 7.29. The summed E-state index contributed by atoms with van der Waals surface area (Å²) in [5, 5.41) is 0. The van der Waals surface area contributed by atoms with Gasteiger partial charge in [0, 0.05) is 25.5 Å². The van der Waals surface area contributed by atoms with Gasteiger partial charge >= 0.3 is 0 Å². The molecule has 1 aromatic carbocycles. The molecule has 1 atom stereocenters. The minimum atomic E-state index is -0.253. The Hall–Kier alpha value is -1.24. The number of imidazole rings is 1. The van der Waals surface area contributed by atoms with E-state index in [4.69, 9.17) is 4.74 Å². The third-order valence-corrected chi connectivity index (χ3v) is 4.00. The Morgan fingerprint density at radius 3 is 3.15 bits per heavy atom. The lowest BCUT2D eigenvalue weighted by atomic mass is 10.1. The molecule has 3 rings (SSSR count). The zero-order chi connectivity index (χ0) is 13.9. The van der Waals surface area contributed by atoms with Crippen LogP contribution in [-0.4, -0.2) is 34.6 Å². The van der Waals surface area contributed by atoms with Crippen LogP contribution in [0.25, 0.3) is 0 Å². The summed E-state index contributed by atoms with van der Waals surface area (Å²) < 4.78 is 19.6. The van der Waals surface area contributed by atoms with Crippen molar-refractivity contribution in [2.24, 2.45) is 0 Å². The summed E-state index contributed by atoms with van der Waals surface area (Å²) in [5.74, 6) is 0.697. The Morgan fingerprint density at radius 2 is 2.40 bits per heavy atom. The number of hydrogen-bond donors (Lipinski definition) is 1. The molecule has 1 N–H and O–H groups in total. The van der Waals surface area contributed by atoms with Crippen LogP contribution in [0.4, 0.5) is 4.39 Å². The van der Waals surface area contributed by atoms with Gasteiger partial charge in [0.1, 0.15) is 11.6 Å². The second kappa shape index (κ2) is 6.03. The van der Waals surface area contributed by atoms with Gasteiger partial charge in [0.2, 0.25) is 0 Å². The number of morpholine rings is 1. The molecule has 1 aliphatic rings. The molecule has 0 saturated carbocycles. The Balaban J connectivity index is 1.69. The van der Waals surface area contributed by atoms with Crippen molar-refractivity contribution in [2.45, 2.75) is 12.6 Å². The molecular formula is C14H15BrFN3O. The lowest BCUT2D eigenvalue weighted by molar-refractivity contribution is -0.0336. The number of halogens is 2. The first-order chi connectivity index (χ1) is 9.72. The van der Waals surface area contributed by atoms with Gasteiger partial charge in [-0.2, -0.15) is 0 Å². The molecule has 0 amide bonds. The lowest BCUT2D eigenvalue weighted by Gasteiger charge is -2.32. The highest BCUT2D eigenvalue weighted by molar-refractivity contribution is 9.10. The highest BCUT2D eigenvalue weighted by atomic mass is 79.9. The molecule has 0 unspecified atom stereocenters. The molecule has 0 bridgehead atoms. The molecule has 0 aliphatic carbocycles. The summed E-state index contributed by atoms with van der Waals surface area (Å²) >= 11 is 3.22. The average molecular weight is 340 g/mol. The number of ether oxygens (including phenoxy) is 1. The second-order valence-electron chi connectivity index (χ2n) is 4.80. The number of nitrogens with one attached hydrogen (secondary N) is 1. The standard InChI is InChI=1S/C14H15BrFN3O/c15-11-7-10(1-2-12(11)16)13-8-19(5-6-20-13)9-14-17-3-4-18-14/h1-4,7,13H,5-6,8-9H2,(H,17,18)/t13-/m1/s1. The smallest absolute Gasteiger partial charge is 0.137 e. The fraction of sp³-hybridized carbons (Fsp3) is 0.357. The molecule has 106 valence electrons. The zero-order valence-electron chi connectivity index (χ0n) is 10.9. The van der Waals surface area contributed by atoms with Crippen molar-refractivity contribution in [2.75, 3.05) is 19.7 Å². The molecule has 0 spiro atoms. The molecule has 2 aromatic rings. The summed E-state index contributed by atoms with van der Waals surface area (Å²) in [7, 11) is 0. The largest absolute Gasteiger partial charge is 0.371 e. The molecular weight excluding hydrogens is 325 g/mol. The number of aromatic nitrogens is 2. The van der Waals surface area contributed by atoms with Gasteiger partial charge in [0.05, 0.1) is 23.7 Å². The predicted molar refractivity (Wildman–Crippen MR) is 76.7 cm³/mol. The normalized spacial score (nSPS) is 20.2. The van der Waals surface area contributed by atoms with Crippen LogP contribution in [0.2, 0.25) is 0 Å². The van der Waals surface area contributed by atoms with Crippen LogP contribution in [-0.2, 0) is 11.3 Å². The fourth-order valence-corrected chi connectivity index (χ4v) is 2.75. The van der Waals surface area contributed by atoms with E-state index in [0.29, 0.717) is 11.1 Å². The second-order valence-corrected chi connectivity index (χ2v) is 5.66. The molecule has 2 heterocycles. The van der Waals surface area contributed by atoms with E-state index in [1.165, 1.54) is 6.07 Å². The zero-order valence-corrected chi connectivity index (χ0v) is 12.4. The van der Waals surface area contributed by atoms with E-state index in [1.807, 2.05) is 6.20 Å². The fourth-order valence-electron chi connectivity index (χ4n) is 2.36. The van der Waals surface area contributed by atoms with Crippen molar-refractivity contribution in [1.82, 2.24) is 14.9 Å². The summed E-state index contributed by atoms with van der Waals surface area (Å²) in [4.78, 5) is 9.63. The number of aromatic amines is 1. The van der Waals surface area contributed by atoms with Gasteiger partial charge < -0.3 is 9.72 Å². The highest BCUT2D eigenvalue weighted by Crippen LogP contribution is 2.26. The number of rotatable bonds is 3. The molecule has 1 aliphatic heterocycles. The highest BCUT2D eigenvalue weighted by Gasteiger charge is 2.23. The quantitative estimate of drug-likeness (QED) is 0.934. The third-order valence-electron chi connectivity index (χ3n) is 3.39. The summed E-state index contributed by atoms with van der Waals surface area (Å²) in [6.07, 6.45) is 3.55. The van der Waals surface area contributed by atoms with E-state index in [0.717, 1.165) is 31.0 Å². The van der Waals surface area contributed by atoms with Crippen LogP contribution in [0.15, 0.2) is 35.1 Å². The van der Waals surface area contributed by atoms with Crippen LogP contribution in [0, 0.1) is 5.82 Å². The van der Waals surface area contributed by atoms with E-state index in [9.17, 15) is 4.39 Å². The van der Waals surface area contributed by atoms with Gasteiger partial charge in [0.15, 0.2) is 0 Å². The molecule has 0 radical (unpaired) electrons. The van der Waals surface area contributed by atoms with Crippen molar-refractivity contribution >= 4 is 15.9 Å². The number of hydrogen-bond acceptors (Lipinski definition) is 3. The van der Waals surface area contributed by atoms with Crippen molar-refractivity contribution < 1.29 is 9.13 Å². The average Bonchev–Trinajstić information content (AvgIpc) is 2.95. The SMILES string of the molecule is Fc1ccc([C@H]2CN(Cc3ncc[nH]3)CCO2)cc1Br. The van der Waals surface area contributed by atoms with Crippen molar-refractivity contribution in [3.05, 3.63) is 52.3 Å². The Kier molecular flexibility index (Phi) is 4.14. The minimum absolute atomic E-state index is 0.0318. The van der Waals surface area contributed by atoms with Gasteiger partial charge in [-0.25, -0.2) is 9.37 Å². The maximum Gasteiger partial charge on any atom is 0.137 e. The molecule has 1 fully saturated rings. The Labute approximate surface area is 125 Å². The van der Waals surface area contributed by atoms with E-state index in [-0.39, 0.29) is 11.9 Å². The lowest BCUT2D eigenvalue weighted by Crippen LogP contribution is -2.38. The number of benzene rings is 1. The Morgan fingerprint density at radius 1 is 1.50 bits per heavy atom. The number of nitrogens with zero attached hydrogens (tertiary/aromatic N) is 2. The van der Waals surface area contributed by atoms with Gasteiger partial charge in [0.25, 0.3) is 0 Å². The first kappa shape index (κ1) is 13.7. The summed E-state index contributed by atoms with van der Waals surface area (Å²) in [5.41, 5.74) is 0.988. The summed E-state index contributed by atoms with van der Waals surface area (Å²) in [6.45, 7) is 3.09. The van der Waals surface area contributed by atoms with E-state index in [2.05, 4.69) is 30.8 Å². The van der Waals surface area contributed by atoms with Crippen molar-refractivity contribution in [3.8, 4) is 0 Å². The molecule has 1 saturated heterocycles. The van der Waals surface area contributed by atoms with Gasteiger partial charge in [-0.15, -0.1) is 0 Å². The van der Waals surface area contributed by atoms with Gasteiger partial charge in [-0.3, -0.25) is 4.90 Å². The van der Waals surface area contributed by atoms with Gasteiger partial charge in [-0.1, -0.05) is 6.07 Å². The van der Waals surface area contributed by atoms with E-state index in [1.54, 1.807) is 18.3 Å². The van der Waals surface area contributed by atoms with Crippen LogP contribution < -0.4 is 0 Å². The predicted octanol–water partition coefficient (Wildman–Crippen LogP) is 2.88. The molecule has 6 heteroatoms. The van der Waals surface area contributed by atoms with E-state index >= 15 is 0 Å². The van der Waals surface area contributed by atoms with Crippen LogP contribution in [0.5, 0.6) is 0 Å². The molecule has 4 nitrogen and oxygen atoms in total. The number of H-pyrrole nitrogens is 1. The summed E-state index contributed by atoms with van der Waals surface area (Å²) in [6, 6.07) is 5.03. The third kappa shape index (κ3) is 3.08. The maximum absolute atomic E-state index is 13.3. The minimum Gasteiger partial charge on any atom is -0.371 e. The molecule has 1 aromatic heterocycles.